The summed E-state index contributed by atoms with van der Waals surface area (Å²) in [5.41, 5.74) is 0. The predicted molar refractivity (Wildman–Crippen MR) is 58.2 cm³/mol. The number of amides is 1. The second-order valence-electron chi connectivity index (χ2n) is 4.20. The molecule has 1 amide bonds. The van der Waals surface area contributed by atoms with E-state index in [1.165, 1.54) is 6.42 Å². The first kappa shape index (κ1) is 11.5. The van der Waals surface area contributed by atoms with E-state index >= 15 is 0 Å². The Kier molecular flexibility index (Phi) is 4.94. The SMILES string of the molecule is CCCC(C)NC1CCCCNC1=O. The molecule has 14 heavy (non-hydrogen) atoms. The minimum Gasteiger partial charge on any atom is -0.355 e. The van der Waals surface area contributed by atoms with Crippen molar-refractivity contribution >= 4 is 5.91 Å². The van der Waals surface area contributed by atoms with E-state index in [0.29, 0.717) is 6.04 Å². The van der Waals surface area contributed by atoms with Crippen LogP contribution in [0.5, 0.6) is 0 Å². The number of hydrogen-bond donors (Lipinski definition) is 2. The van der Waals surface area contributed by atoms with Crippen LogP contribution in [0.4, 0.5) is 0 Å². The van der Waals surface area contributed by atoms with Crippen LogP contribution in [0.1, 0.15) is 46.0 Å². The maximum atomic E-state index is 11.6. The lowest BCUT2D eigenvalue weighted by Crippen LogP contribution is -2.46. The molecule has 2 N–H and O–H groups in total. The van der Waals surface area contributed by atoms with Gasteiger partial charge in [0.25, 0.3) is 0 Å². The highest BCUT2D eigenvalue weighted by Crippen LogP contribution is 2.07. The van der Waals surface area contributed by atoms with Crippen LogP contribution in [0, 0.1) is 0 Å². The lowest BCUT2D eigenvalue weighted by Gasteiger charge is -2.20. The van der Waals surface area contributed by atoms with Crippen LogP contribution in [0.15, 0.2) is 0 Å². The molecule has 0 aliphatic carbocycles. The van der Waals surface area contributed by atoms with E-state index in [2.05, 4.69) is 24.5 Å². The van der Waals surface area contributed by atoms with Crippen LogP contribution in [0.3, 0.4) is 0 Å². The largest absolute Gasteiger partial charge is 0.355 e. The van der Waals surface area contributed by atoms with Crippen molar-refractivity contribution in [1.82, 2.24) is 10.6 Å². The third-order valence-corrected chi connectivity index (χ3v) is 2.74. The molecule has 0 aromatic rings. The predicted octanol–water partition coefficient (Wildman–Crippen LogP) is 1.43. The molecule has 3 nitrogen and oxygen atoms in total. The van der Waals surface area contributed by atoms with Crippen molar-refractivity contribution in [2.24, 2.45) is 0 Å². The summed E-state index contributed by atoms with van der Waals surface area (Å²) in [5, 5.41) is 6.34. The summed E-state index contributed by atoms with van der Waals surface area (Å²) < 4.78 is 0. The van der Waals surface area contributed by atoms with Crippen molar-refractivity contribution in [1.29, 1.82) is 0 Å². The Hall–Kier alpha value is -0.570. The number of nitrogens with one attached hydrogen (secondary N) is 2. The average molecular weight is 198 g/mol. The van der Waals surface area contributed by atoms with E-state index in [0.717, 1.165) is 32.2 Å². The van der Waals surface area contributed by atoms with Crippen molar-refractivity contribution in [2.45, 2.75) is 58.0 Å². The van der Waals surface area contributed by atoms with Crippen LogP contribution in [-0.2, 0) is 4.79 Å². The first-order chi connectivity index (χ1) is 6.74. The van der Waals surface area contributed by atoms with Gasteiger partial charge in [-0.1, -0.05) is 13.3 Å². The normalized spacial score (nSPS) is 25.3. The molecular weight excluding hydrogens is 176 g/mol. The van der Waals surface area contributed by atoms with Gasteiger partial charge < -0.3 is 10.6 Å². The molecule has 1 aliphatic rings. The van der Waals surface area contributed by atoms with E-state index < -0.39 is 0 Å². The summed E-state index contributed by atoms with van der Waals surface area (Å²) in [6, 6.07) is 0.493. The zero-order valence-corrected chi connectivity index (χ0v) is 9.31. The van der Waals surface area contributed by atoms with E-state index in [-0.39, 0.29) is 11.9 Å². The fourth-order valence-electron chi connectivity index (χ4n) is 1.96. The molecule has 0 saturated carbocycles. The van der Waals surface area contributed by atoms with Crippen molar-refractivity contribution in [3.8, 4) is 0 Å². The van der Waals surface area contributed by atoms with Gasteiger partial charge in [-0.25, -0.2) is 0 Å². The summed E-state index contributed by atoms with van der Waals surface area (Å²) in [6.07, 6.45) is 5.56. The molecule has 1 heterocycles. The van der Waals surface area contributed by atoms with Crippen molar-refractivity contribution < 1.29 is 4.79 Å². The maximum absolute atomic E-state index is 11.6. The second kappa shape index (κ2) is 6.02. The summed E-state index contributed by atoms with van der Waals surface area (Å²) >= 11 is 0. The number of carbonyl (C=O) groups excluding carboxylic acids is 1. The Labute approximate surface area is 86.6 Å². The van der Waals surface area contributed by atoms with Crippen LogP contribution >= 0.6 is 0 Å². The minimum atomic E-state index is 0.0408. The van der Waals surface area contributed by atoms with Crippen molar-refractivity contribution in [2.75, 3.05) is 6.54 Å². The number of rotatable bonds is 4. The quantitative estimate of drug-likeness (QED) is 0.717. The van der Waals surface area contributed by atoms with Gasteiger partial charge >= 0.3 is 0 Å². The summed E-state index contributed by atoms with van der Waals surface area (Å²) in [4.78, 5) is 11.6. The molecule has 1 saturated heterocycles. The third kappa shape index (κ3) is 3.66. The summed E-state index contributed by atoms with van der Waals surface area (Å²) in [5.74, 6) is 0.186. The zero-order chi connectivity index (χ0) is 10.4. The van der Waals surface area contributed by atoms with Gasteiger partial charge in [-0.05, 0) is 32.6 Å². The Morgan fingerprint density at radius 2 is 2.36 bits per heavy atom. The maximum Gasteiger partial charge on any atom is 0.237 e. The first-order valence-corrected chi connectivity index (χ1v) is 5.77. The monoisotopic (exact) mass is 198 g/mol. The first-order valence-electron chi connectivity index (χ1n) is 5.77. The van der Waals surface area contributed by atoms with Crippen LogP contribution < -0.4 is 10.6 Å². The average Bonchev–Trinajstić information content (AvgIpc) is 2.33. The lowest BCUT2D eigenvalue weighted by atomic mass is 10.1. The summed E-state index contributed by atoms with van der Waals surface area (Å²) in [7, 11) is 0. The highest BCUT2D eigenvalue weighted by atomic mass is 16.2. The Morgan fingerprint density at radius 3 is 3.07 bits per heavy atom. The Bertz CT molecular complexity index is 182. The van der Waals surface area contributed by atoms with Crippen LogP contribution in [0.2, 0.25) is 0 Å². The molecule has 82 valence electrons. The van der Waals surface area contributed by atoms with Crippen molar-refractivity contribution in [3.05, 3.63) is 0 Å². The van der Waals surface area contributed by atoms with Gasteiger partial charge in [0.1, 0.15) is 0 Å². The number of hydrogen-bond acceptors (Lipinski definition) is 2. The van der Waals surface area contributed by atoms with Gasteiger partial charge in [0.15, 0.2) is 0 Å². The highest BCUT2D eigenvalue weighted by molar-refractivity contribution is 5.81. The molecule has 1 aliphatic heterocycles. The summed E-state index contributed by atoms with van der Waals surface area (Å²) in [6.45, 7) is 5.17. The standard InChI is InChI=1S/C11H22N2O/c1-3-6-9(2)13-10-7-4-5-8-12-11(10)14/h9-10,13H,3-8H2,1-2H3,(H,12,14). The zero-order valence-electron chi connectivity index (χ0n) is 9.31. The lowest BCUT2D eigenvalue weighted by molar-refractivity contribution is -0.123. The van der Waals surface area contributed by atoms with E-state index in [4.69, 9.17) is 0 Å². The van der Waals surface area contributed by atoms with Gasteiger partial charge in [0.2, 0.25) is 5.91 Å². The highest BCUT2D eigenvalue weighted by Gasteiger charge is 2.21. The molecule has 0 aromatic carbocycles. The molecule has 0 spiro atoms. The Morgan fingerprint density at radius 1 is 1.57 bits per heavy atom. The molecule has 0 aromatic heterocycles. The van der Waals surface area contributed by atoms with Gasteiger partial charge in [0.05, 0.1) is 6.04 Å². The van der Waals surface area contributed by atoms with Crippen LogP contribution in [-0.4, -0.2) is 24.5 Å². The van der Waals surface area contributed by atoms with E-state index in [1.807, 2.05) is 0 Å². The van der Waals surface area contributed by atoms with E-state index in [9.17, 15) is 4.79 Å². The van der Waals surface area contributed by atoms with Crippen molar-refractivity contribution in [3.63, 3.8) is 0 Å². The van der Waals surface area contributed by atoms with Gasteiger partial charge in [-0.3, -0.25) is 4.79 Å². The van der Waals surface area contributed by atoms with Gasteiger partial charge in [-0.2, -0.15) is 0 Å². The van der Waals surface area contributed by atoms with Crippen LogP contribution in [0.25, 0.3) is 0 Å². The molecule has 0 bridgehead atoms. The fourth-order valence-corrected chi connectivity index (χ4v) is 1.96. The number of carbonyl (C=O) groups is 1. The smallest absolute Gasteiger partial charge is 0.237 e. The molecule has 2 unspecified atom stereocenters. The minimum absolute atomic E-state index is 0.0408. The van der Waals surface area contributed by atoms with Gasteiger partial charge in [0, 0.05) is 12.6 Å². The van der Waals surface area contributed by atoms with Gasteiger partial charge in [-0.15, -0.1) is 0 Å². The third-order valence-electron chi connectivity index (χ3n) is 2.74. The molecule has 2 atom stereocenters. The second-order valence-corrected chi connectivity index (χ2v) is 4.20. The fraction of sp³-hybridized carbons (Fsp3) is 0.909. The Balaban J connectivity index is 2.36. The molecule has 3 heteroatoms. The molecule has 0 radical (unpaired) electrons. The molecular formula is C11H22N2O. The topological polar surface area (TPSA) is 41.1 Å². The van der Waals surface area contributed by atoms with E-state index in [1.54, 1.807) is 0 Å². The molecule has 1 rings (SSSR count). The molecule has 1 fully saturated rings.